The fourth-order valence-electron chi connectivity index (χ4n) is 21.3. The summed E-state index contributed by atoms with van der Waals surface area (Å²) in [6, 6.07) is 144. The van der Waals surface area contributed by atoms with Crippen LogP contribution >= 0.6 is 0 Å². The molecule has 0 atom stereocenters. The average Bonchev–Trinajstić information content (AvgIpc) is 1.58. The third-order valence-corrected chi connectivity index (χ3v) is 32.6. The van der Waals surface area contributed by atoms with Gasteiger partial charge in [0.25, 0.3) is 0 Å². The zero-order valence-corrected chi connectivity index (χ0v) is 92.6. The van der Waals surface area contributed by atoms with E-state index in [-0.39, 0.29) is 42.1 Å². The number of anilines is 6. The van der Waals surface area contributed by atoms with Gasteiger partial charge < -0.3 is 38.9 Å². The minimum Gasteiger partial charge on any atom is -0.346 e. The number of nitrogens with zero attached hydrogens (tertiary/aromatic N) is 8. The molecule has 0 radical (unpaired) electrons. The molecular weight excluding hydrogens is 2170 g/mol. The number of benzene rings is 16. The Hall–Kier alpha value is -14.9. The SMILES string of the molecule is Cc1cnc(-c2[c-]c(N(c3[c-]c(-c4cc(-c5ccccc5)c(C)cn4)cc(-c4c(C)cccc4C)c3)c3c(C)cc(-n4c5ccccc5c5ccccc54)cc3C)cc(-c3c(C)cccc3C)c2)cc1-c1ccccc1.Cc1cnc(-c2[c-]c(N(c3[c-]c(-c4cc(-c5ccccc5)c(C)cn4)cc([Si](C)(C)C)c3)c3c(C)cc(-n4c5ccccc5c5ccccc54)cc3C)cc([Si](C)(C)C)c2)cc1-c1ccccc1.[Pt+2].[Pt+2]. The van der Waals surface area contributed by atoms with Crippen LogP contribution in [0.4, 0.5) is 34.1 Å². The van der Waals surface area contributed by atoms with Crippen LogP contribution in [-0.4, -0.2) is 45.2 Å². The molecule has 6 heterocycles. The topological polar surface area (TPSA) is 67.9 Å². The molecular formula is C134H116N8Pt2Si2. The van der Waals surface area contributed by atoms with E-state index < -0.39 is 16.1 Å². The molecule has 16 aromatic carbocycles. The third-order valence-electron chi connectivity index (χ3n) is 28.6. The quantitative estimate of drug-likeness (QED) is 0.0559. The van der Waals surface area contributed by atoms with E-state index in [4.69, 9.17) is 19.9 Å². The molecule has 0 amide bonds. The number of hydrogen-bond donors (Lipinski definition) is 0. The number of aromatic nitrogens is 6. The van der Waals surface area contributed by atoms with Gasteiger partial charge in [0.2, 0.25) is 0 Å². The number of fused-ring (bicyclic) bond motifs is 6. The first kappa shape index (κ1) is 99.8. The third kappa shape index (κ3) is 19.6. The first-order valence-electron chi connectivity index (χ1n) is 49.9. The molecule has 0 fully saturated rings. The van der Waals surface area contributed by atoms with Gasteiger partial charge >= 0.3 is 42.1 Å². The van der Waals surface area contributed by atoms with Crippen LogP contribution in [0.25, 0.3) is 167 Å². The van der Waals surface area contributed by atoms with Crippen molar-refractivity contribution < 1.29 is 42.1 Å². The second-order valence-corrected chi connectivity index (χ2v) is 51.1. The molecule has 0 aliphatic rings. The molecule has 12 heteroatoms. The maximum Gasteiger partial charge on any atom is 2.00 e. The molecule has 0 N–H and O–H groups in total. The number of hydrogen-bond acceptors (Lipinski definition) is 6. The zero-order chi connectivity index (χ0) is 99.7. The Morgan fingerprint density at radius 2 is 0.452 bits per heavy atom. The summed E-state index contributed by atoms with van der Waals surface area (Å²) in [5.74, 6) is 0. The molecule has 6 aromatic heterocycles. The van der Waals surface area contributed by atoms with Gasteiger partial charge in [0, 0.05) is 69.1 Å². The van der Waals surface area contributed by atoms with Gasteiger partial charge in [-0.15, -0.1) is 105 Å². The Labute approximate surface area is 890 Å². The number of pyridine rings is 4. The van der Waals surface area contributed by atoms with Gasteiger partial charge in [0.1, 0.15) is 0 Å². The van der Waals surface area contributed by atoms with Gasteiger partial charge in [0.15, 0.2) is 0 Å². The normalized spacial score (nSPS) is 11.5. The van der Waals surface area contributed by atoms with Crippen molar-refractivity contribution in [1.29, 1.82) is 0 Å². The van der Waals surface area contributed by atoms with Crippen molar-refractivity contribution in [2.24, 2.45) is 0 Å². The summed E-state index contributed by atoms with van der Waals surface area (Å²) in [7, 11) is -3.86. The molecule has 720 valence electrons. The Morgan fingerprint density at radius 3 is 0.705 bits per heavy atom. The molecule has 0 saturated carbocycles. The summed E-state index contributed by atoms with van der Waals surface area (Å²) in [6.07, 6.45) is 8.04. The standard InChI is InChI=1S/C72H58N4.C62H58N4Si2.2Pt/c1-45-21-19-22-46(2)70(45)57-35-55(66-41-64(51(7)43-73-66)53-25-11-9-12-26-53)37-60(39-57)75(72-49(5)33-59(34-50(72)6)76-68-31-17-15-29-62(68)63-30-16-18-32-69(63)76)61-38-56(36-58(40-61)71-47(3)23-20-24-48(71)4)67-42-65(52(8)44-74-67)54-27-13-10-14-28-54;1-41-29-49(66-60-27-19-17-25-54(60)55-26-18-20-28-61(55)66)30-42(2)62(41)65(50-31-47(33-52(35-50)67(5,6)7)58-37-56(43(3)39-63-58)45-21-13-11-14-22-45)51-32-48(34-53(36-51)68(8,9)10)59-38-57(44(4)40-64-59)46-23-15-12-16-24-46;;/h9-36,39-44H,1-8H3;11-30,33-40H,1-10H3;;/q2*-2;2*+2. The number of para-hydroxylation sites is 4. The van der Waals surface area contributed by atoms with E-state index in [0.29, 0.717) is 0 Å². The molecule has 0 aliphatic heterocycles. The summed E-state index contributed by atoms with van der Waals surface area (Å²) in [6.45, 7) is 41.0. The van der Waals surface area contributed by atoms with Crippen LogP contribution in [0.3, 0.4) is 0 Å². The van der Waals surface area contributed by atoms with Crippen molar-refractivity contribution in [3.8, 4) is 123 Å². The summed E-state index contributed by atoms with van der Waals surface area (Å²) < 4.78 is 4.84. The molecule has 0 bridgehead atoms. The van der Waals surface area contributed by atoms with E-state index in [0.717, 1.165) is 168 Å². The Morgan fingerprint density at radius 1 is 0.219 bits per heavy atom. The summed E-state index contributed by atoms with van der Waals surface area (Å²) >= 11 is 0. The van der Waals surface area contributed by atoms with Crippen molar-refractivity contribution in [1.82, 2.24) is 29.1 Å². The predicted molar refractivity (Wildman–Crippen MR) is 615 cm³/mol. The van der Waals surface area contributed by atoms with Crippen LogP contribution in [0.5, 0.6) is 0 Å². The smallest absolute Gasteiger partial charge is 0.346 e. The molecule has 0 aliphatic carbocycles. The van der Waals surface area contributed by atoms with Crippen molar-refractivity contribution in [3.63, 3.8) is 0 Å². The van der Waals surface area contributed by atoms with Crippen LogP contribution in [0, 0.1) is 107 Å². The minimum absolute atomic E-state index is 0. The van der Waals surface area contributed by atoms with E-state index in [2.05, 4.69) is 517 Å². The monoisotopic (exact) mass is 2280 g/mol. The second kappa shape index (κ2) is 41.3. The molecule has 22 aromatic rings. The molecule has 22 rings (SSSR count). The fourth-order valence-corrected chi connectivity index (χ4v) is 23.6. The van der Waals surface area contributed by atoms with E-state index in [1.54, 1.807) is 0 Å². The molecule has 0 spiro atoms. The average molecular weight is 2280 g/mol. The maximum absolute atomic E-state index is 5.18. The van der Waals surface area contributed by atoms with E-state index >= 15 is 0 Å². The largest absolute Gasteiger partial charge is 2.00 e. The first-order chi connectivity index (χ1) is 69.6. The molecule has 146 heavy (non-hydrogen) atoms. The number of aryl methyl sites for hydroxylation is 12. The van der Waals surface area contributed by atoms with Crippen molar-refractivity contribution in [2.45, 2.75) is 122 Å². The van der Waals surface area contributed by atoms with Crippen LogP contribution in [0.15, 0.2) is 377 Å². The van der Waals surface area contributed by atoms with Crippen molar-refractivity contribution in [2.75, 3.05) is 9.80 Å². The van der Waals surface area contributed by atoms with Crippen molar-refractivity contribution in [3.05, 3.63) is 468 Å². The predicted octanol–water partition coefficient (Wildman–Crippen LogP) is 34.7. The van der Waals surface area contributed by atoms with E-state index in [9.17, 15) is 0 Å². The Bertz CT molecular complexity index is 8220. The van der Waals surface area contributed by atoms with Gasteiger partial charge in [-0.3, -0.25) is 0 Å². The van der Waals surface area contributed by atoms with Crippen LogP contribution in [0.2, 0.25) is 39.3 Å². The molecule has 0 unspecified atom stereocenters. The van der Waals surface area contributed by atoms with Gasteiger partial charge in [-0.2, -0.15) is 0 Å². The van der Waals surface area contributed by atoms with E-state index in [1.165, 1.54) is 110 Å². The first-order valence-corrected chi connectivity index (χ1v) is 56.9. The van der Waals surface area contributed by atoms with E-state index in [1.807, 2.05) is 24.8 Å². The summed E-state index contributed by atoms with van der Waals surface area (Å²) in [5.41, 5.74) is 47.8. The zero-order valence-electron chi connectivity index (χ0n) is 86.0. The van der Waals surface area contributed by atoms with Crippen molar-refractivity contribution >= 4 is 104 Å². The summed E-state index contributed by atoms with van der Waals surface area (Å²) in [4.78, 5) is 25.5. The molecule has 0 saturated heterocycles. The Kier molecular flexibility index (Phi) is 28.3. The number of rotatable bonds is 20. The molecule has 8 nitrogen and oxygen atoms in total. The van der Waals surface area contributed by atoms with Crippen LogP contribution < -0.4 is 20.2 Å². The van der Waals surface area contributed by atoms with Crippen LogP contribution in [0.1, 0.15) is 66.8 Å². The van der Waals surface area contributed by atoms with Gasteiger partial charge in [-0.25, -0.2) is 0 Å². The Balaban J connectivity index is 0.000000183. The summed E-state index contributed by atoms with van der Waals surface area (Å²) in [5, 5.41) is 7.63. The van der Waals surface area contributed by atoms with Gasteiger partial charge in [0.05, 0.1) is 38.2 Å². The second-order valence-electron chi connectivity index (χ2n) is 41.0. The van der Waals surface area contributed by atoms with Crippen LogP contribution in [-0.2, 0) is 42.1 Å². The fraction of sp³-hybridized carbons (Fsp3) is 0.134. The maximum atomic E-state index is 5.18. The van der Waals surface area contributed by atoms with Gasteiger partial charge in [-0.05, 0) is 300 Å². The minimum atomic E-state index is -1.93. The van der Waals surface area contributed by atoms with Gasteiger partial charge in [-0.1, -0.05) is 305 Å².